The van der Waals surface area contributed by atoms with Crippen molar-refractivity contribution in [2.75, 3.05) is 7.05 Å². The lowest BCUT2D eigenvalue weighted by Gasteiger charge is -2.35. The smallest absolute Gasteiger partial charge is 0.262 e. The van der Waals surface area contributed by atoms with Gasteiger partial charge < -0.3 is 4.90 Å². The van der Waals surface area contributed by atoms with Gasteiger partial charge in [0.1, 0.15) is 4.90 Å². The fraction of sp³-hybridized carbons (Fsp3) is 0.462. The van der Waals surface area contributed by atoms with Crippen LogP contribution in [0.3, 0.4) is 0 Å². The second kappa shape index (κ2) is 5.92. The molecule has 20 heavy (non-hydrogen) atoms. The maximum Gasteiger partial charge on any atom is 0.262 e. The van der Waals surface area contributed by atoms with Gasteiger partial charge in [-0.15, -0.1) is 0 Å². The van der Waals surface area contributed by atoms with E-state index in [1.54, 1.807) is 11.9 Å². The fourth-order valence-electron chi connectivity index (χ4n) is 1.53. The van der Waals surface area contributed by atoms with Crippen molar-refractivity contribution in [3.05, 3.63) is 28.8 Å². The van der Waals surface area contributed by atoms with E-state index in [1.807, 2.05) is 20.8 Å². The van der Waals surface area contributed by atoms with Gasteiger partial charge in [-0.25, -0.2) is 8.42 Å². The van der Waals surface area contributed by atoms with Crippen molar-refractivity contribution >= 4 is 37.2 Å². The van der Waals surface area contributed by atoms with Crippen molar-refractivity contribution in [3.63, 3.8) is 0 Å². The first-order valence-corrected chi connectivity index (χ1v) is 8.72. The lowest BCUT2D eigenvalue weighted by Crippen LogP contribution is -2.44. The molecule has 0 N–H and O–H groups in total. The number of hydrogen-bond donors (Lipinski definition) is 0. The molecule has 4 nitrogen and oxygen atoms in total. The third-order valence-electron chi connectivity index (χ3n) is 3.52. The summed E-state index contributed by atoms with van der Waals surface area (Å²) in [4.78, 5) is 13.7. The molecule has 0 saturated carbocycles. The molecular weight excluding hydrogens is 321 g/mol. The Hall–Kier alpha value is -0.780. The van der Waals surface area contributed by atoms with E-state index in [0.29, 0.717) is 0 Å². The maximum absolute atomic E-state index is 12.4. The minimum absolute atomic E-state index is 0.00560. The minimum Gasteiger partial charge on any atom is -0.337 e. The molecule has 1 aromatic carbocycles. The first kappa shape index (κ1) is 17.3. The van der Waals surface area contributed by atoms with Crippen molar-refractivity contribution in [1.29, 1.82) is 0 Å². The summed E-state index contributed by atoms with van der Waals surface area (Å²) in [5.74, 6) is -0.282. The lowest BCUT2D eigenvalue weighted by atomic mass is 9.99. The topological polar surface area (TPSA) is 54.5 Å². The average molecular weight is 338 g/mol. The van der Waals surface area contributed by atoms with Crippen LogP contribution in [0.1, 0.15) is 37.6 Å². The molecule has 0 aliphatic rings. The van der Waals surface area contributed by atoms with Crippen LogP contribution in [0.4, 0.5) is 0 Å². The molecule has 0 aromatic heterocycles. The fourth-order valence-corrected chi connectivity index (χ4v) is 3.02. The standard InChI is InChI=1S/C13H17Cl2NO3S/c1-5-13(2,3)16(4)12(17)9-6-7-10(14)11(8-9)20(15,18)19/h6-8H,5H2,1-4H3. The molecule has 1 amide bonds. The molecule has 0 aliphatic heterocycles. The van der Waals surface area contributed by atoms with Crippen LogP contribution in [0.2, 0.25) is 5.02 Å². The molecule has 0 saturated heterocycles. The molecule has 1 rings (SSSR count). The second-order valence-electron chi connectivity index (χ2n) is 5.11. The number of carbonyl (C=O) groups excluding carboxylic acids is 1. The highest BCUT2D eigenvalue weighted by Crippen LogP contribution is 2.27. The van der Waals surface area contributed by atoms with Gasteiger partial charge in [-0.2, -0.15) is 0 Å². The Kier molecular flexibility index (Phi) is 5.11. The van der Waals surface area contributed by atoms with E-state index in [4.69, 9.17) is 22.3 Å². The van der Waals surface area contributed by atoms with Crippen LogP contribution in [0.5, 0.6) is 0 Å². The summed E-state index contributed by atoms with van der Waals surface area (Å²) in [5, 5.41) is -0.00560. The van der Waals surface area contributed by atoms with E-state index < -0.39 is 9.05 Å². The second-order valence-corrected chi connectivity index (χ2v) is 8.05. The van der Waals surface area contributed by atoms with Gasteiger partial charge in [-0.1, -0.05) is 18.5 Å². The van der Waals surface area contributed by atoms with E-state index in [1.165, 1.54) is 18.2 Å². The predicted octanol–water partition coefficient (Wildman–Crippen LogP) is 3.53. The van der Waals surface area contributed by atoms with Crippen LogP contribution in [0.25, 0.3) is 0 Å². The summed E-state index contributed by atoms with van der Waals surface area (Å²) in [6.45, 7) is 5.83. The van der Waals surface area contributed by atoms with Crippen LogP contribution in [-0.2, 0) is 9.05 Å². The van der Waals surface area contributed by atoms with Crippen molar-refractivity contribution in [3.8, 4) is 0 Å². The number of halogens is 2. The molecule has 0 spiro atoms. The van der Waals surface area contributed by atoms with Crippen molar-refractivity contribution < 1.29 is 13.2 Å². The molecule has 0 aliphatic carbocycles. The molecule has 0 bridgehead atoms. The van der Waals surface area contributed by atoms with Crippen molar-refractivity contribution in [2.45, 2.75) is 37.6 Å². The zero-order chi connectivity index (χ0) is 15.7. The first-order chi connectivity index (χ1) is 9.00. The zero-order valence-electron chi connectivity index (χ0n) is 11.8. The summed E-state index contributed by atoms with van der Waals surface area (Å²) >= 11 is 5.79. The van der Waals surface area contributed by atoms with Crippen LogP contribution in [0.15, 0.2) is 23.1 Å². The number of rotatable bonds is 4. The summed E-state index contributed by atoms with van der Waals surface area (Å²) in [6, 6.07) is 4.05. The van der Waals surface area contributed by atoms with Crippen molar-refractivity contribution in [2.24, 2.45) is 0 Å². The quantitative estimate of drug-likeness (QED) is 0.789. The van der Waals surface area contributed by atoms with Gasteiger partial charge in [0, 0.05) is 28.8 Å². The van der Waals surface area contributed by atoms with Crippen LogP contribution < -0.4 is 0 Å². The highest BCUT2D eigenvalue weighted by Gasteiger charge is 2.27. The van der Waals surface area contributed by atoms with Crippen LogP contribution in [0, 0.1) is 0 Å². The molecule has 7 heteroatoms. The van der Waals surface area contributed by atoms with Gasteiger partial charge in [0.05, 0.1) is 5.02 Å². The Morgan fingerprint density at radius 3 is 2.35 bits per heavy atom. The first-order valence-electron chi connectivity index (χ1n) is 6.03. The zero-order valence-corrected chi connectivity index (χ0v) is 14.1. The Morgan fingerprint density at radius 1 is 1.35 bits per heavy atom. The Morgan fingerprint density at radius 2 is 1.90 bits per heavy atom. The summed E-state index contributed by atoms with van der Waals surface area (Å²) in [5.41, 5.74) is -0.103. The third-order valence-corrected chi connectivity index (χ3v) is 5.32. The Balaban J connectivity index is 3.26. The van der Waals surface area contributed by atoms with Gasteiger partial charge in [0.25, 0.3) is 15.0 Å². The molecule has 112 valence electrons. The van der Waals surface area contributed by atoms with Crippen LogP contribution >= 0.6 is 22.3 Å². The van der Waals surface area contributed by atoms with E-state index in [-0.39, 0.29) is 26.9 Å². The van der Waals surface area contributed by atoms with Gasteiger partial charge in [0.15, 0.2) is 0 Å². The molecule has 0 atom stereocenters. The molecule has 0 radical (unpaired) electrons. The van der Waals surface area contributed by atoms with Gasteiger partial charge in [-0.05, 0) is 38.5 Å². The minimum atomic E-state index is -3.99. The third kappa shape index (κ3) is 3.65. The van der Waals surface area contributed by atoms with Gasteiger partial charge in [0.2, 0.25) is 0 Å². The van der Waals surface area contributed by atoms with E-state index >= 15 is 0 Å². The largest absolute Gasteiger partial charge is 0.337 e. The number of carbonyl (C=O) groups is 1. The van der Waals surface area contributed by atoms with E-state index in [2.05, 4.69) is 0 Å². The lowest BCUT2D eigenvalue weighted by molar-refractivity contribution is 0.0620. The Labute approximate surface area is 129 Å². The maximum atomic E-state index is 12.4. The highest BCUT2D eigenvalue weighted by molar-refractivity contribution is 8.13. The van der Waals surface area contributed by atoms with Gasteiger partial charge in [-0.3, -0.25) is 4.79 Å². The molecule has 0 heterocycles. The molecular formula is C13H17Cl2NO3S. The predicted molar refractivity (Wildman–Crippen MR) is 81.0 cm³/mol. The normalized spacial score (nSPS) is 12.3. The van der Waals surface area contributed by atoms with Crippen molar-refractivity contribution in [1.82, 2.24) is 4.90 Å². The molecule has 0 fully saturated rings. The molecule has 0 unspecified atom stereocenters. The number of nitrogens with zero attached hydrogens (tertiary/aromatic N) is 1. The van der Waals surface area contributed by atoms with Gasteiger partial charge >= 0.3 is 0 Å². The Bertz CT molecular complexity index is 627. The summed E-state index contributed by atoms with van der Waals surface area (Å²) in [7, 11) is 2.99. The summed E-state index contributed by atoms with van der Waals surface area (Å²) in [6.07, 6.45) is 0.767. The van der Waals surface area contributed by atoms with E-state index in [0.717, 1.165) is 6.42 Å². The molecule has 1 aromatic rings. The summed E-state index contributed by atoms with van der Waals surface area (Å²) < 4.78 is 22.8. The SMILES string of the molecule is CCC(C)(C)N(C)C(=O)c1ccc(Cl)c(S(=O)(=O)Cl)c1. The average Bonchev–Trinajstić information content (AvgIpc) is 2.36. The number of amides is 1. The monoisotopic (exact) mass is 337 g/mol. The number of hydrogen-bond acceptors (Lipinski definition) is 3. The van der Waals surface area contributed by atoms with Crippen LogP contribution in [-0.4, -0.2) is 31.8 Å². The highest BCUT2D eigenvalue weighted by atomic mass is 35.7. The van der Waals surface area contributed by atoms with E-state index in [9.17, 15) is 13.2 Å². The number of benzene rings is 1.